The maximum absolute atomic E-state index is 13.8. The van der Waals surface area contributed by atoms with Gasteiger partial charge in [0.2, 0.25) is 11.8 Å². The number of esters is 1. The molecule has 2 aromatic carbocycles. The number of carbonyl (C=O) groups excluding carboxylic acids is 3. The Morgan fingerprint density at radius 1 is 1.03 bits per heavy atom. The van der Waals surface area contributed by atoms with Gasteiger partial charge in [0.05, 0.1) is 7.11 Å². The Labute approximate surface area is 233 Å². The maximum Gasteiger partial charge on any atom is 0.317 e. The molecule has 6 heteroatoms. The van der Waals surface area contributed by atoms with Crippen LogP contribution < -0.4 is 5.32 Å². The van der Waals surface area contributed by atoms with Gasteiger partial charge in [-0.05, 0) is 48.4 Å². The average molecular weight is 533 g/mol. The zero-order valence-corrected chi connectivity index (χ0v) is 23.7. The number of methoxy groups -OCH3 is 1. The van der Waals surface area contributed by atoms with Crippen molar-refractivity contribution in [1.82, 2.24) is 10.2 Å². The summed E-state index contributed by atoms with van der Waals surface area (Å²) in [5, 5.41) is 5.28. The van der Waals surface area contributed by atoms with Crippen LogP contribution in [0, 0.1) is 11.3 Å². The number of nitrogens with one attached hydrogen (secondary N) is 1. The highest BCUT2D eigenvalue weighted by molar-refractivity contribution is 5.92. The van der Waals surface area contributed by atoms with E-state index in [2.05, 4.69) is 36.5 Å². The highest BCUT2D eigenvalue weighted by atomic mass is 16.5. The van der Waals surface area contributed by atoms with Crippen molar-refractivity contribution in [2.24, 2.45) is 11.3 Å². The van der Waals surface area contributed by atoms with Crippen molar-refractivity contribution in [3.8, 4) is 0 Å². The molecule has 210 valence electrons. The number of allylic oxidation sites excluding steroid dienone is 1. The van der Waals surface area contributed by atoms with Crippen molar-refractivity contribution in [3.63, 3.8) is 0 Å². The third-order valence-corrected chi connectivity index (χ3v) is 8.49. The second-order valence-electron chi connectivity index (χ2n) is 11.2. The summed E-state index contributed by atoms with van der Waals surface area (Å²) in [5.74, 6) is -1.03. The molecule has 1 aliphatic heterocycles. The van der Waals surface area contributed by atoms with Crippen LogP contribution in [-0.4, -0.2) is 36.3 Å². The number of likely N-dealkylation sites (tertiary alicyclic amines) is 1. The van der Waals surface area contributed by atoms with Gasteiger partial charge in [-0.2, -0.15) is 0 Å². The van der Waals surface area contributed by atoms with Gasteiger partial charge in [0, 0.05) is 31.1 Å². The summed E-state index contributed by atoms with van der Waals surface area (Å²) in [4.78, 5) is 42.2. The minimum atomic E-state index is -0.859. The molecule has 1 saturated heterocycles. The Hall–Kier alpha value is -3.15. The van der Waals surface area contributed by atoms with Crippen LogP contribution in [0.5, 0.6) is 0 Å². The molecule has 6 nitrogen and oxygen atoms in total. The molecule has 0 bridgehead atoms. The predicted molar refractivity (Wildman–Crippen MR) is 155 cm³/mol. The van der Waals surface area contributed by atoms with Crippen LogP contribution in [0.15, 0.2) is 54.2 Å². The molecule has 39 heavy (non-hydrogen) atoms. The lowest BCUT2D eigenvalue weighted by Gasteiger charge is -2.46. The number of benzene rings is 2. The number of fused-ring (bicyclic) bond motifs is 2. The van der Waals surface area contributed by atoms with Crippen molar-refractivity contribution in [3.05, 3.63) is 59.8 Å². The molecular formula is C33H44N2O4. The lowest BCUT2D eigenvalue weighted by Crippen LogP contribution is -2.53. The summed E-state index contributed by atoms with van der Waals surface area (Å²) < 4.78 is 5.34. The van der Waals surface area contributed by atoms with E-state index in [1.54, 1.807) is 0 Å². The number of amides is 2. The number of carbonyl (C=O) groups is 3. The van der Waals surface area contributed by atoms with Gasteiger partial charge in [0.15, 0.2) is 0 Å². The Morgan fingerprint density at radius 3 is 2.62 bits per heavy atom. The van der Waals surface area contributed by atoms with Crippen LogP contribution in [0.1, 0.15) is 89.5 Å². The fourth-order valence-corrected chi connectivity index (χ4v) is 6.42. The van der Waals surface area contributed by atoms with Crippen LogP contribution in [0.25, 0.3) is 10.8 Å². The average Bonchev–Trinajstić information content (AvgIpc) is 3.18. The standard InChI is InChI=1S/C33H44N2O4/c1-3-4-5-6-7-13-21-35-29-19-9-8-12-20-33(29,32(38)39-2)23-27(31(35)37)22-30(36)34-24-26-17-14-16-25-15-10-11-18-28(25)26/h10-11,14-19,27H,3-9,12-13,20-24H2,1-2H3,(H,34,36)/t27-,33+/m1/s1. The molecule has 1 aliphatic carbocycles. The highest BCUT2D eigenvalue weighted by Gasteiger charge is 2.53. The van der Waals surface area contributed by atoms with Gasteiger partial charge in [0.25, 0.3) is 0 Å². The summed E-state index contributed by atoms with van der Waals surface area (Å²) in [5.41, 5.74) is 1.00. The Bertz CT molecular complexity index is 1180. The second kappa shape index (κ2) is 13.8. The van der Waals surface area contributed by atoms with Crippen molar-refractivity contribution < 1.29 is 19.1 Å². The third-order valence-electron chi connectivity index (χ3n) is 8.49. The lowest BCUT2D eigenvalue weighted by molar-refractivity contribution is -0.159. The van der Waals surface area contributed by atoms with E-state index in [9.17, 15) is 14.4 Å². The molecule has 1 fully saturated rings. The van der Waals surface area contributed by atoms with Crippen molar-refractivity contribution >= 4 is 28.6 Å². The first-order valence-electron chi connectivity index (χ1n) is 14.8. The first kappa shape index (κ1) is 28.8. The molecule has 2 aromatic rings. The van der Waals surface area contributed by atoms with Crippen molar-refractivity contribution in [1.29, 1.82) is 0 Å². The molecule has 2 aliphatic rings. The molecule has 0 unspecified atom stereocenters. The van der Waals surface area contributed by atoms with Crippen molar-refractivity contribution in [2.45, 2.75) is 90.5 Å². The fraction of sp³-hybridized carbons (Fsp3) is 0.545. The fourth-order valence-electron chi connectivity index (χ4n) is 6.42. The number of piperidine rings is 1. The zero-order valence-electron chi connectivity index (χ0n) is 23.7. The summed E-state index contributed by atoms with van der Waals surface area (Å²) in [7, 11) is 1.43. The molecule has 1 heterocycles. The lowest BCUT2D eigenvalue weighted by atomic mass is 9.69. The van der Waals surface area contributed by atoms with E-state index in [4.69, 9.17) is 4.74 Å². The Kier molecular flexibility index (Phi) is 10.2. The normalized spacial score (nSPS) is 21.2. The van der Waals surface area contributed by atoms with Crippen molar-refractivity contribution in [2.75, 3.05) is 13.7 Å². The molecule has 1 N–H and O–H groups in total. The molecule has 0 aromatic heterocycles. The molecule has 0 saturated carbocycles. The summed E-state index contributed by atoms with van der Waals surface area (Å²) in [6.45, 7) is 3.19. The van der Waals surface area contributed by atoms with E-state index in [0.717, 1.165) is 60.6 Å². The van der Waals surface area contributed by atoms with E-state index in [1.807, 2.05) is 29.2 Å². The second-order valence-corrected chi connectivity index (χ2v) is 11.2. The molecule has 0 radical (unpaired) electrons. The number of nitrogens with zero attached hydrogens (tertiary/aromatic N) is 1. The number of rotatable bonds is 12. The first-order valence-corrected chi connectivity index (χ1v) is 14.8. The number of unbranched alkanes of at least 4 members (excludes halogenated alkanes) is 5. The molecule has 2 amide bonds. The molecule has 4 rings (SSSR count). The van der Waals surface area contributed by atoms with Crippen LogP contribution in [0.3, 0.4) is 0 Å². The van der Waals surface area contributed by atoms with Gasteiger partial charge in [-0.3, -0.25) is 14.4 Å². The van der Waals surface area contributed by atoms with Crippen LogP contribution >= 0.6 is 0 Å². The highest BCUT2D eigenvalue weighted by Crippen LogP contribution is 2.49. The Morgan fingerprint density at radius 2 is 1.79 bits per heavy atom. The Balaban J connectivity index is 1.50. The van der Waals surface area contributed by atoms with Gasteiger partial charge in [-0.15, -0.1) is 0 Å². The van der Waals surface area contributed by atoms with Gasteiger partial charge in [-0.1, -0.05) is 94.0 Å². The van der Waals surface area contributed by atoms with Gasteiger partial charge in [0.1, 0.15) is 5.41 Å². The topological polar surface area (TPSA) is 75.7 Å². The summed E-state index contributed by atoms with van der Waals surface area (Å²) in [6, 6.07) is 14.2. The minimum Gasteiger partial charge on any atom is -0.468 e. The number of hydrogen-bond acceptors (Lipinski definition) is 4. The third kappa shape index (κ3) is 6.71. The summed E-state index contributed by atoms with van der Waals surface area (Å²) in [6.07, 6.45) is 12.6. The SMILES string of the molecule is CCCCCCCCN1C(=O)[C@H](CC(=O)NCc2cccc3ccccc23)C[C@@]2(C(=O)OC)CCCCC=C12. The van der Waals surface area contributed by atoms with Crippen LogP contribution in [-0.2, 0) is 25.7 Å². The van der Waals surface area contributed by atoms with E-state index in [1.165, 1.54) is 26.4 Å². The van der Waals surface area contributed by atoms with E-state index in [-0.39, 0.29) is 24.2 Å². The quantitative estimate of drug-likeness (QED) is 0.245. The monoisotopic (exact) mass is 532 g/mol. The van der Waals surface area contributed by atoms with Crippen LogP contribution in [0.2, 0.25) is 0 Å². The predicted octanol–water partition coefficient (Wildman–Crippen LogP) is 6.67. The largest absolute Gasteiger partial charge is 0.468 e. The number of ether oxygens (including phenoxy) is 1. The van der Waals surface area contributed by atoms with Gasteiger partial charge in [-0.25, -0.2) is 0 Å². The van der Waals surface area contributed by atoms with E-state index < -0.39 is 11.3 Å². The smallest absolute Gasteiger partial charge is 0.317 e. The van der Waals surface area contributed by atoms with Gasteiger partial charge < -0.3 is 15.0 Å². The van der Waals surface area contributed by atoms with Gasteiger partial charge >= 0.3 is 5.97 Å². The van der Waals surface area contributed by atoms with Crippen LogP contribution in [0.4, 0.5) is 0 Å². The minimum absolute atomic E-state index is 0.0310. The number of hydrogen-bond donors (Lipinski definition) is 1. The zero-order chi connectivity index (χ0) is 27.7. The maximum atomic E-state index is 13.8. The van der Waals surface area contributed by atoms with E-state index >= 15 is 0 Å². The molecule has 2 atom stereocenters. The molecular weight excluding hydrogens is 488 g/mol. The summed E-state index contributed by atoms with van der Waals surface area (Å²) >= 11 is 0. The first-order chi connectivity index (χ1) is 19.0. The molecule has 0 spiro atoms. The van der Waals surface area contributed by atoms with E-state index in [0.29, 0.717) is 25.9 Å².